The molecule has 1 heterocycles. The maximum absolute atomic E-state index is 11.6. The van der Waals surface area contributed by atoms with Crippen molar-refractivity contribution >= 4 is 5.91 Å². The second kappa shape index (κ2) is 9.28. The van der Waals surface area contributed by atoms with Crippen LogP contribution in [0.1, 0.15) is 18.3 Å². The van der Waals surface area contributed by atoms with Crippen LogP contribution in [0.3, 0.4) is 0 Å². The van der Waals surface area contributed by atoms with Crippen LogP contribution in [0.15, 0.2) is 12.1 Å². The first-order valence-electron chi connectivity index (χ1n) is 6.73. The van der Waals surface area contributed by atoms with Crippen LogP contribution < -0.4 is 15.4 Å². The maximum Gasteiger partial charge on any atom is 0.258 e. The molecule has 0 unspecified atom stereocenters. The highest BCUT2D eigenvalue weighted by Crippen LogP contribution is 2.16. The van der Waals surface area contributed by atoms with Crippen molar-refractivity contribution in [2.45, 2.75) is 20.4 Å². The molecule has 0 saturated carbocycles. The minimum Gasteiger partial charge on any atom is -0.482 e. The van der Waals surface area contributed by atoms with Gasteiger partial charge in [-0.25, -0.2) is 0 Å². The second-order valence-electron chi connectivity index (χ2n) is 4.31. The lowest BCUT2D eigenvalue weighted by molar-refractivity contribution is -0.123. The van der Waals surface area contributed by atoms with Crippen molar-refractivity contribution in [1.82, 2.24) is 15.6 Å². The molecule has 0 aliphatic rings. The predicted molar refractivity (Wildman–Crippen MR) is 76.7 cm³/mol. The average molecular weight is 281 g/mol. The van der Waals surface area contributed by atoms with Crippen molar-refractivity contribution in [3.63, 3.8) is 0 Å². The third-order valence-corrected chi connectivity index (χ3v) is 2.60. The third kappa shape index (κ3) is 5.99. The summed E-state index contributed by atoms with van der Waals surface area (Å²) in [5, 5.41) is 5.90. The molecule has 1 amide bonds. The number of amides is 1. The van der Waals surface area contributed by atoms with E-state index in [1.54, 1.807) is 7.11 Å². The fourth-order valence-corrected chi connectivity index (χ4v) is 1.59. The lowest BCUT2D eigenvalue weighted by atomic mass is 10.3. The molecular weight excluding hydrogens is 258 g/mol. The van der Waals surface area contributed by atoms with Crippen LogP contribution in [-0.4, -0.2) is 44.3 Å². The Hall–Kier alpha value is -1.66. The SMILES string of the molecule is CCNCc1nc(C)ccc1OCC(=O)NCCOC. The molecule has 6 nitrogen and oxygen atoms in total. The Morgan fingerprint density at radius 3 is 2.90 bits per heavy atom. The molecule has 0 aliphatic carbocycles. The fraction of sp³-hybridized carbons (Fsp3) is 0.571. The predicted octanol–water partition coefficient (Wildman–Crippen LogP) is 0.641. The standard InChI is InChI=1S/C14H23N3O3/c1-4-15-9-12-13(6-5-11(2)17-12)20-10-14(18)16-7-8-19-3/h5-6,15H,4,7-10H2,1-3H3,(H,16,18). The minimum atomic E-state index is -0.169. The average Bonchev–Trinajstić information content (AvgIpc) is 2.44. The zero-order chi connectivity index (χ0) is 14.8. The van der Waals surface area contributed by atoms with Gasteiger partial charge >= 0.3 is 0 Å². The Kier molecular flexibility index (Phi) is 7.60. The van der Waals surface area contributed by atoms with Gasteiger partial charge in [0.15, 0.2) is 6.61 Å². The first-order chi connectivity index (χ1) is 9.67. The molecule has 2 N–H and O–H groups in total. The van der Waals surface area contributed by atoms with Crippen LogP contribution in [-0.2, 0) is 16.1 Å². The van der Waals surface area contributed by atoms with Crippen molar-refractivity contribution in [2.24, 2.45) is 0 Å². The summed E-state index contributed by atoms with van der Waals surface area (Å²) in [4.78, 5) is 16.0. The van der Waals surface area contributed by atoms with E-state index in [1.807, 2.05) is 26.0 Å². The normalized spacial score (nSPS) is 10.3. The van der Waals surface area contributed by atoms with E-state index < -0.39 is 0 Å². The number of hydrogen-bond acceptors (Lipinski definition) is 5. The molecule has 0 atom stereocenters. The van der Waals surface area contributed by atoms with Gasteiger partial charge < -0.3 is 20.1 Å². The van der Waals surface area contributed by atoms with Gasteiger partial charge in [0.1, 0.15) is 5.75 Å². The number of rotatable bonds is 9. The molecule has 0 aromatic carbocycles. The molecule has 1 aromatic heterocycles. The number of nitrogens with one attached hydrogen (secondary N) is 2. The number of pyridine rings is 1. The molecule has 0 aliphatic heterocycles. The molecule has 6 heteroatoms. The van der Waals surface area contributed by atoms with Crippen molar-refractivity contribution in [1.29, 1.82) is 0 Å². The maximum atomic E-state index is 11.6. The molecule has 0 bridgehead atoms. The van der Waals surface area contributed by atoms with Gasteiger partial charge in [0.2, 0.25) is 0 Å². The Bertz CT molecular complexity index is 424. The number of carbonyl (C=O) groups is 1. The van der Waals surface area contributed by atoms with Crippen LogP contribution in [0, 0.1) is 6.92 Å². The number of aromatic nitrogens is 1. The highest BCUT2D eigenvalue weighted by Gasteiger charge is 2.08. The van der Waals surface area contributed by atoms with E-state index in [1.165, 1.54) is 0 Å². The van der Waals surface area contributed by atoms with Crippen LogP contribution >= 0.6 is 0 Å². The van der Waals surface area contributed by atoms with E-state index in [0.717, 1.165) is 17.9 Å². The van der Waals surface area contributed by atoms with Gasteiger partial charge in [0.25, 0.3) is 5.91 Å². The molecule has 0 fully saturated rings. The molecule has 0 radical (unpaired) electrons. The largest absolute Gasteiger partial charge is 0.482 e. The van der Waals surface area contributed by atoms with Gasteiger partial charge in [-0.2, -0.15) is 0 Å². The summed E-state index contributed by atoms with van der Waals surface area (Å²) in [6.07, 6.45) is 0. The second-order valence-corrected chi connectivity index (χ2v) is 4.31. The number of aryl methyl sites for hydroxylation is 1. The van der Waals surface area contributed by atoms with Gasteiger partial charge in [-0.15, -0.1) is 0 Å². The zero-order valence-electron chi connectivity index (χ0n) is 12.4. The minimum absolute atomic E-state index is 0.0203. The van der Waals surface area contributed by atoms with Crippen molar-refractivity contribution in [2.75, 3.05) is 33.4 Å². The van der Waals surface area contributed by atoms with E-state index >= 15 is 0 Å². The topological polar surface area (TPSA) is 72.5 Å². The highest BCUT2D eigenvalue weighted by molar-refractivity contribution is 5.77. The third-order valence-electron chi connectivity index (χ3n) is 2.60. The van der Waals surface area contributed by atoms with Gasteiger partial charge in [0, 0.05) is 25.9 Å². The van der Waals surface area contributed by atoms with Gasteiger partial charge in [0.05, 0.1) is 12.3 Å². The quantitative estimate of drug-likeness (QED) is 0.650. The van der Waals surface area contributed by atoms with Crippen molar-refractivity contribution in [3.05, 3.63) is 23.5 Å². The molecule has 1 rings (SSSR count). The van der Waals surface area contributed by atoms with E-state index in [0.29, 0.717) is 25.4 Å². The van der Waals surface area contributed by atoms with E-state index in [4.69, 9.17) is 9.47 Å². The first kappa shape index (κ1) is 16.4. The number of ether oxygens (including phenoxy) is 2. The fourth-order valence-electron chi connectivity index (χ4n) is 1.59. The van der Waals surface area contributed by atoms with Gasteiger partial charge in [-0.05, 0) is 25.6 Å². The number of methoxy groups -OCH3 is 1. The monoisotopic (exact) mass is 281 g/mol. The van der Waals surface area contributed by atoms with Crippen LogP contribution in [0.25, 0.3) is 0 Å². The Morgan fingerprint density at radius 1 is 1.40 bits per heavy atom. The van der Waals surface area contributed by atoms with E-state index in [9.17, 15) is 4.79 Å². The van der Waals surface area contributed by atoms with Crippen LogP contribution in [0.2, 0.25) is 0 Å². The molecule has 0 saturated heterocycles. The van der Waals surface area contributed by atoms with Crippen LogP contribution in [0.4, 0.5) is 0 Å². The first-order valence-corrected chi connectivity index (χ1v) is 6.73. The Labute approximate surface area is 119 Å². The summed E-state index contributed by atoms with van der Waals surface area (Å²) in [5.74, 6) is 0.468. The summed E-state index contributed by atoms with van der Waals surface area (Å²) >= 11 is 0. The number of nitrogens with zero attached hydrogens (tertiary/aromatic N) is 1. The summed E-state index contributed by atoms with van der Waals surface area (Å²) in [6, 6.07) is 3.71. The van der Waals surface area contributed by atoms with Gasteiger partial charge in [-0.3, -0.25) is 9.78 Å². The summed E-state index contributed by atoms with van der Waals surface area (Å²) in [5.41, 5.74) is 1.74. The molecule has 20 heavy (non-hydrogen) atoms. The Morgan fingerprint density at radius 2 is 2.20 bits per heavy atom. The van der Waals surface area contributed by atoms with Crippen molar-refractivity contribution < 1.29 is 14.3 Å². The lowest BCUT2D eigenvalue weighted by Gasteiger charge is -2.12. The summed E-state index contributed by atoms with van der Waals surface area (Å²) in [6.45, 7) is 6.38. The lowest BCUT2D eigenvalue weighted by Crippen LogP contribution is -2.31. The Balaban J connectivity index is 2.51. The highest BCUT2D eigenvalue weighted by atomic mass is 16.5. The molecular formula is C14H23N3O3. The number of hydrogen-bond donors (Lipinski definition) is 2. The summed E-state index contributed by atoms with van der Waals surface area (Å²) < 4.78 is 10.4. The molecule has 1 aromatic rings. The molecule has 112 valence electrons. The number of carbonyl (C=O) groups excluding carboxylic acids is 1. The molecule has 0 spiro atoms. The van der Waals surface area contributed by atoms with E-state index in [-0.39, 0.29) is 12.5 Å². The van der Waals surface area contributed by atoms with Gasteiger partial charge in [-0.1, -0.05) is 6.92 Å². The zero-order valence-corrected chi connectivity index (χ0v) is 12.4. The van der Waals surface area contributed by atoms with E-state index in [2.05, 4.69) is 15.6 Å². The van der Waals surface area contributed by atoms with Crippen LogP contribution in [0.5, 0.6) is 5.75 Å². The summed E-state index contributed by atoms with van der Waals surface area (Å²) in [7, 11) is 1.59. The smallest absolute Gasteiger partial charge is 0.258 e. The van der Waals surface area contributed by atoms with Crippen molar-refractivity contribution in [3.8, 4) is 5.75 Å².